The van der Waals surface area contributed by atoms with Gasteiger partial charge in [0.15, 0.2) is 0 Å². The van der Waals surface area contributed by atoms with Crippen molar-refractivity contribution in [1.29, 1.82) is 0 Å². The molecule has 20 heavy (non-hydrogen) atoms. The van der Waals surface area contributed by atoms with Gasteiger partial charge in [-0.25, -0.2) is 4.79 Å². The second kappa shape index (κ2) is 8.46. The quantitative estimate of drug-likeness (QED) is 0.573. The second-order valence-corrected chi connectivity index (χ2v) is 6.53. The summed E-state index contributed by atoms with van der Waals surface area (Å²) in [5, 5.41) is 10.3. The number of aliphatic hydroxyl groups is 1. The van der Waals surface area contributed by atoms with Crippen LogP contribution in [0.1, 0.15) is 52.9 Å². The van der Waals surface area contributed by atoms with E-state index >= 15 is 0 Å². The topological polar surface area (TPSA) is 46.5 Å². The van der Waals surface area contributed by atoms with Crippen LogP contribution in [0.5, 0.6) is 0 Å². The smallest absolute Gasteiger partial charge is 0.330 e. The molecule has 0 aromatic heterocycles. The molecule has 0 saturated heterocycles. The molecule has 3 heteroatoms. The van der Waals surface area contributed by atoms with E-state index in [0.717, 1.165) is 19.3 Å². The van der Waals surface area contributed by atoms with Gasteiger partial charge in [0, 0.05) is 12.0 Å². The van der Waals surface area contributed by atoms with Gasteiger partial charge in [0.1, 0.15) is 0 Å². The molecule has 0 aromatic carbocycles. The Morgan fingerprint density at radius 3 is 2.65 bits per heavy atom. The molecule has 1 rings (SSSR count). The largest absolute Gasteiger partial charge is 0.462 e. The number of esters is 1. The van der Waals surface area contributed by atoms with Crippen molar-refractivity contribution in [2.24, 2.45) is 23.7 Å². The number of carbonyl (C=O) groups is 1. The molecule has 0 aromatic rings. The average Bonchev–Trinajstić information content (AvgIpc) is 2.42. The highest BCUT2D eigenvalue weighted by Gasteiger charge is 2.33. The molecule has 1 fully saturated rings. The summed E-state index contributed by atoms with van der Waals surface area (Å²) in [5.74, 6) is 1.73. The van der Waals surface area contributed by atoms with Crippen LogP contribution in [0.25, 0.3) is 0 Å². The second-order valence-electron chi connectivity index (χ2n) is 6.53. The Bertz CT molecular complexity index is 311. The predicted octanol–water partition coefficient (Wildman–Crippen LogP) is 3.57. The monoisotopic (exact) mass is 282 g/mol. The van der Waals surface area contributed by atoms with Gasteiger partial charge in [-0.3, -0.25) is 0 Å². The molecule has 116 valence electrons. The van der Waals surface area contributed by atoms with Crippen molar-refractivity contribution < 1.29 is 14.6 Å². The zero-order chi connectivity index (χ0) is 15.1. The third kappa shape index (κ3) is 5.28. The van der Waals surface area contributed by atoms with Crippen molar-refractivity contribution in [3.8, 4) is 0 Å². The van der Waals surface area contributed by atoms with Crippen molar-refractivity contribution in [3.63, 3.8) is 0 Å². The zero-order valence-electron chi connectivity index (χ0n) is 13.2. The van der Waals surface area contributed by atoms with E-state index in [-0.39, 0.29) is 12.0 Å². The van der Waals surface area contributed by atoms with Gasteiger partial charge in [-0.15, -0.1) is 0 Å². The van der Waals surface area contributed by atoms with Crippen LogP contribution in [0.4, 0.5) is 0 Å². The Labute approximate surface area is 123 Å². The molecular formula is C17H30O3. The minimum Gasteiger partial charge on any atom is -0.462 e. The Balaban J connectivity index is 2.45. The van der Waals surface area contributed by atoms with Gasteiger partial charge in [-0.2, -0.15) is 0 Å². The normalized spacial score (nSPS) is 28.1. The Kier molecular flexibility index (Phi) is 7.28. The Hall–Kier alpha value is -0.830. The fraction of sp³-hybridized carbons (Fsp3) is 0.824. The molecule has 0 heterocycles. The molecule has 0 amide bonds. The first-order valence-corrected chi connectivity index (χ1v) is 7.95. The summed E-state index contributed by atoms with van der Waals surface area (Å²) in [6.07, 6.45) is 6.20. The van der Waals surface area contributed by atoms with Crippen LogP contribution in [0.2, 0.25) is 0 Å². The molecule has 0 bridgehead atoms. The summed E-state index contributed by atoms with van der Waals surface area (Å²) in [5.41, 5.74) is 0. The number of ether oxygens (including phenoxy) is 1. The standard InChI is InChI=1S/C17H30O3/c1-5-13(9-12(3)4)14-7-8-15(16(18)10-14)11-20-17(19)6-2/h6,12-16,18H,2,5,7-11H2,1,3-4H3. The minimum absolute atomic E-state index is 0.0895. The first-order chi connectivity index (χ1) is 9.47. The lowest BCUT2D eigenvalue weighted by atomic mass is 9.71. The fourth-order valence-corrected chi connectivity index (χ4v) is 3.41. The van der Waals surface area contributed by atoms with Gasteiger partial charge in [-0.05, 0) is 43.4 Å². The molecule has 1 aliphatic rings. The molecule has 1 saturated carbocycles. The lowest BCUT2D eigenvalue weighted by molar-refractivity contribution is -0.141. The van der Waals surface area contributed by atoms with Crippen LogP contribution in [0, 0.1) is 23.7 Å². The maximum atomic E-state index is 11.1. The van der Waals surface area contributed by atoms with Crippen molar-refractivity contribution in [3.05, 3.63) is 12.7 Å². The third-order valence-electron chi connectivity index (χ3n) is 4.57. The van der Waals surface area contributed by atoms with Crippen LogP contribution >= 0.6 is 0 Å². The van der Waals surface area contributed by atoms with Crippen molar-refractivity contribution in [2.75, 3.05) is 6.61 Å². The van der Waals surface area contributed by atoms with Gasteiger partial charge in [-0.1, -0.05) is 33.8 Å². The van der Waals surface area contributed by atoms with Gasteiger partial charge in [0.05, 0.1) is 12.7 Å². The third-order valence-corrected chi connectivity index (χ3v) is 4.57. The van der Waals surface area contributed by atoms with Crippen LogP contribution in [-0.2, 0) is 9.53 Å². The Morgan fingerprint density at radius 1 is 1.45 bits per heavy atom. The number of carbonyl (C=O) groups excluding carboxylic acids is 1. The van der Waals surface area contributed by atoms with Crippen LogP contribution in [0.3, 0.4) is 0 Å². The minimum atomic E-state index is -0.398. The SMILES string of the molecule is C=CC(=O)OCC1CCC(C(CC)CC(C)C)CC1O. The molecule has 0 radical (unpaired) electrons. The molecule has 0 spiro atoms. The maximum Gasteiger partial charge on any atom is 0.330 e. The van der Waals surface area contributed by atoms with Gasteiger partial charge >= 0.3 is 5.97 Å². The first-order valence-electron chi connectivity index (χ1n) is 7.95. The number of rotatable bonds is 7. The number of hydrogen-bond acceptors (Lipinski definition) is 3. The van der Waals surface area contributed by atoms with Crippen LogP contribution < -0.4 is 0 Å². The van der Waals surface area contributed by atoms with Crippen molar-refractivity contribution >= 4 is 5.97 Å². The van der Waals surface area contributed by atoms with Gasteiger partial charge < -0.3 is 9.84 Å². The maximum absolute atomic E-state index is 11.1. The van der Waals surface area contributed by atoms with E-state index in [1.807, 2.05) is 0 Å². The van der Waals surface area contributed by atoms with Crippen LogP contribution in [0.15, 0.2) is 12.7 Å². The van der Waals surface area contributed by atoms with Crippen molar-refractivity contribution in [2.45, 2.75) is 59.0 Å². The molecule has 4 atom stereocenters. The average molecular weight is 282 g/mol. The molecule has 0 aliphatic heterocycles. The number of hydrogen-bond donors (Lipinski definition) is 1. The summed E-state index contributed by atoms with van der Waals surface area (Å²) >= 11 is 0. The van der Waals surface area contributed by atoms with E-state index in [0.29, 0.717) is 24.4 Å². The highest BCUT2D eigenvalue weighted by Crippen LogP contribution is 2.37. The molecule has 1 N–H and O–H groups in total. The van der Waals surface area contributed by atoms with Gasteiger partial charge in [0.2, 0.25) is 0 Å². The first kappa shape index (κ1) is 17.2. The lowest BCUT2D eigenvalue weighted by Gasteiger charge is -2.37. The lowest BCUT2D eigenvalue weighted by Crippen LogP contribution is -2.35. The fourth-order valence-electron chi connectivity index (χ4n) is 3.41. The predicted molar refractivity (Wildman–Crippen MR) is 81.2 cm³/mol. The van der Waals surface area contributed by atoms with E-state index in [9.17, 15) is 9.90 Å². The van der Waals surface area contributed by atoms with E-state index in [1.165, 1.54) is 18.9 Å². The molecule has 1 aliphatic carbocycles. The summed E-state index contributed by atoms with van der Waals surface area (Å²) in [6.45, 7) is 10.5. The number of aliphatic hydroxyl groups excluding tert-OH is 1. The van der Waals surface area contributed by atoms with E-state index in [1.54, 1.807) is 0 Å². The van der Waals surface area contributed by atoms with Crippen LogP contribution in [-0.4, -0.2) is 23.8 Å². The van der Waals surface area contributed by atoms with E-state index < -0.39 is 5.97 Å². The van der Waals surface area contributed by atoms with Gasteiger partial charge in [0.25, 0.3) is 0 Å². The molecule has 3 nitrogen and oxygen atoms in total. The zero-order valence-corrected chi connectivity index (χ0v) is 13.2. The summed E-state index contributed by atoms with van der Waals surface area (Å²) in [4.78, 5) is 11.1. The summed E-state index contributed by atoms with van der Waals surface area (Å²) < 4.78 is 5.07. The van der Waals surface area contributed by atoms with Crippen molar-refractivity contribution in [1.82, 2.24) is 0 Å². The Morgan fingerprint density at radius 2 is 2.15 bits per heavy atom. The molecular weight excluding hydrogens is 252 g/mol. The summed E-state index contributed by atoms with van der Waals surface area (Å²) in [6, 6.07) is 0. The van der Waals surface area contributed by atoms with E-state index in [2.05, 4.69) is 27.4 Å². The highest BCUT2D eigenvalue weighted by molar-refractivity contribution is 5.81. The highest BCUT2D eigenvalue weighted by atomic mass is 16.5. The summed E-state index contributed by atoms with van der Waals surface area (Å²) in [7, 11) is 0. The molecule has 4 unspecified atom stereocenters. The van der Waals surface area contributed by atoms with E-state index in [4.69, 9.17) is 4.74 Å².